The lowest BCUT2D eigenvalue weighted by Crippen LogP contribution is -2.50. The first-order valence-electron chi connectivity index (χ1n) is 8.78. The molecule has 0 bridgehead atoms. The summed E-state index contributed by atoms with van der Waals surface area (Å²) in [5.74, 6) is -0.493. The molecule has 1 aromatic carbocycles. The predicted molar refractivity (Wildman–Crippen MR) is 95.1 cm³/mol. The fourth-order valence-corrected chi connectivity index (χ4v) is 4.60. The molecular formula is C18H27FN2O3S. The van der Waals surface area contributed by atoms with Gasteiger partial charge in [0.15, 0.2) is 0 Å². The Morgan fingerprint density at radius 2 is 1.88 bits per heavy atom. The van der Waals surface area contributed by atoms with E-state index in [9.17, 15) is 17.6 Å². The lowest BCUT2D eigenvalue weighted by molar-refractivity contribution is -0.134. The SMILES string of the molecule is Cc1cc(F)ccc1S(=O)(=O)N[C@@H](CC(C)C)C(=O)N1CCCCC1. The van der Waals surface area contributed by atoms with Gasteiger partial charge in [-0.25, -0.2) is 12.8 Å². The van der Waals surface area contributed by atoms with E-state index >= 15 is 0 Å². The van der Waals surface area contributed by atoms with Crippen LogP contribution in [0.2, 0.25) is 0 Å². The molecule has 7 heteroatoms. The predicted octanol–water partition coefficient (Wildman–Crippen LogP) is 2.84. The van der Waals surface area contributed by atoms with E-state index in [0.717, 1.165) is 25.3 Å². The molecule has 0 spiro atoms. The molecule has 1 amide bonds. The normalized spacial score (nSPS) is 16.9. The fourth-order valence-electron chi connectivity index (χ4n) is 3.17. The molecule has 1 heterocycles. The molecule has 0 radical (unpaired) electrons. The highest BCUT2D eigenvalue weighted by Gasteiger charge is 2.31. The average Bonchev–Trinajstić information content (AvgIpc) is 2.53. The first-order valence-corrected chi connectivity index (χ1v) is 10.3. The van der Waals surface area contributed by atoms with Crippen LogP contribution in [0.4, 0.5) is 4.39 Å². The number of carbonyl (C=O) groups excluding carboxylic acids is 1. The Hall–Kier alpha value is -1.47. The van der Waals surface area contributed by atoms with Crippen LogP contribution in [0, 0.1) is 18.7 Å². The van der Waals surface area contributed by atoms with E-state index in [1.54, 1.807) is 11.8 Å². The van der Waals surface area contributed by atoms with Crippen molar-refractivity contribution >= 4 is 15.9 Å². The number of benzene rings is 1. The van der Waals surface area contributed by atoms with E-state index in [1.807, 2.05) is 13.8 Å². The van der Waals surface area contributed by atoms with Crippen LogP contribution in [0.5, 0.6) is 0 Å². The van der Waals surface area contributed by atoms with Crippen molar-refractivity contribution in [2.24, 2.45) is 5.92 Å². The van der Waals surface area contributed by atoms with Gasteiger partial charge in [0.2, 0.25) is 15.9 Å². The fraction of sp³-hybridized carbons (Fsp3) is 0.611. The van der Waals surface area contributed by atoms with E-state index in [-0.39, 0.29) is 16.7 Å². The minimum Gasteiger partial charge on any atom is -0.341 e. The van der Waals surface area contributed by atoms with E-state index in [4.69, 9.17) is 0 Å². The zero-order chi connectivity index (χ0) is 18.6. The zero-order valence-electron chi connectivity index (χ0n) is 15.1. The summed E-state index contributed by atoms with van der Waals surface area (Å²) in [6, 6.07) is 2.74. The average molecular weight is 370 g/mol. The standard InChI is InChI=1S/C18H27FN2O3S/c1-13(2)11-16(18(22)21-9-5-4-6-10-21)20-25(23,24)17-8-7-15(19)12-14(17)3/h7-8,12-13,16,20H,4-6,9-11H2,1-3H3/t16-/m0/s1. The molecule has 2 rings (SSSR count). The zero-order valence-corrected chi connectivity index (χ0v) is 15.9. The maximum absolute atomic E-state index is 13.3. The largest absolute Gasteiger partial charge is 0.341 e. The van der Waals surface area contributed by atoms with Gasteiger partial charge in [0.1, 0.15) is 11.9 Å². The minimum atomic E-state index is -3.90. The first-order chi connectivity index (χ1) is 11.7. The number of nitrogens with zero attached hydrogens (tertiary/aromatic N) is 1. The monoisotopic (exact) mass is 370 g/mol. The van der Waals surface area contributed by atoms with Crippen molar-refractivity contribution in [3.63, 3.8) is 0 Å². The highest BCUT2D eigenvalue weighted by molar-refractivity contribution is 7.89. The number of rotatable bonds is 6. The van der Waals surface area contributed by atoms with Crippen LogP contribution in [0.3, 0.4) is 0 Å². The van der Waals surface area contributed by atoms with E-state index in [2.05, 4.69) is 4.72 Å². The van der Waals surface area contributed by atoms with Crippen LogP contribution >= 0.6 is 0 Å². The lowest BCUT2D eigenvalue weighted by Gasteiger charge is -2.31. The number of amides is 1. The third-order valence-corrected chi connectivity index (χ3v) is 6.03. The quantitative estimate of drug-likeness (QED) is 0.837. The van der Waals surface area contributed by atoms with Gasteiger partial charge in [-0.1, -0.05) is 13.8 Å². The molecule has 1 saturated heterocycles. The maximum Gasteiger partial charge on any atom is 0.241 e. The first kappa shape index (κ1) is 19.8. The second-order valence-corrected chi connectivity index (χ2v) is 8.78. The highest BCUT2D eigenvalue weighted by atomic mass is 32.2. The van der Waals surface area contributed by atoms with Gasteiger partial charge in [0.25, 0.3) is 0 Å². The highest BCUT2D eigenvalue weighted by Crippen LogP contribution is 2.19. The van der Waals surface area contributed by atoms with E-state index in [1.165, 1.54) is 12.1 Å². The molecule has 1 fully saturated rings. The van der Waals surface area contributed by atoms with Crippen molar-refractivity contribution in [2.45, 2.75) is 57.4 Å². The maximum atomic E-state index is 13.3. The number of piperidine rings is 1. The third-order valence-electron chi connectivity index (χ3n) is 4.40. The summed E-state index contributed by atoms with van der Waals surface area (Å²) < 4.78 is 41.3. The summed E-state index contributed by atoms with van der Waals surface area (Å²) in [4.78, 5) is 14.6. The van der Waals surface area contributed by atoms with Gasteiger partial charge in [-0.2, -0.15) is 4.72 Å². The second kappa shape index (κ2) is 8.27. The molecule has 140 valence electrons. The van der Waals surface area contributed by atoms with Gasteiger partial charge in [0.05, 0.1) is 4.90 Å². The van der Waals surface area contributed by atoms with Gasteiger partial charge in [0, 0.05) is 13.1 Å². The summed E-state index contributed by atoms with van der Waals surface area (Å²) in [6.07, 6.45) is 3.42. The molecule has 0 unspecified atom stereocenters. The molecule has 1 aliphatic rings. The number of carbonyl (C=O) groups is 1. The number of halogens is 1. The third kappa shape index (κ3) is 5.25. The van der Waals surface area contributed by atoms with Gasteiger partial charge in [-0.3, -0.25) is 4.79 Å². The van der Waals surface area contributed by atoms with Crippen molar-refractivity contribution in [1.82, 2.24) is 9.62 Å². The summed E-state index contributed by atoms with van der Waals surface area (Å²) >= 11 is 0. The van der Waals surface area contributed by atoms with Gasteiger partial charge in [-0.05, 0) is 62.3 Å². The Morgan fingerprint density at radius 3 is 2.44 bits per heavy atom. The molecule has 1 aromatic rings. The summed E-state index contributed by atoms with van der Waals surface area (Å²) in [5, 5.41) is 0. The van der Waals surface area contributed by atoms with Crippen LogP contribution in [-0.4, -0.2) is 38.4 Å². The van der Waals surface area contributed by atoms with Gasteiger partial charge in [-0.15, -0.1) is 0 Å². The number of aryl methyl sites for hydroxylation is 1. The number of sulfonamides is 1. The van der Waals surface area contributed by atoms with E-state index < -0.39 is 21.9 Å². The molecule has 0 saturated carbocycles. The Morgan fingerprint density at radius 1 is 1.24 bits per heavy atom. The topological polar surface area (TPSA) is 66.5 Å². The van der Waals surface area contributed by atoms with Crippen molar-refractivity contribution in [2.75, 3.05) is 13.1 Å². The van der Waals surface area contributed by atoms with Crippen molar-refractivity contribution in [3.8, 4) is 0 Å². The smallest absolute Gasteiger partial charge is 0.241 e. The van der Waals surface area contributed by atoms with Crippen LogP contribution in [0.25, 0.3) is 0 Å². The van der Waals surface area contributed by atoms with Crippen LogP contribution in [0.1, 0.15) is 45.1 Å². The molecule has 1 aliphatic heterocycles. The second-order valence-electron chi connectivity index (χ2n) is 7.10. The van der Waals surface area contributed by atoms with Crippen molar-refractivity contribution in [3.05, 3.63) is 29.6 Å². The van der Waals surface area contributed by atoms with E-state index in [0.29, 0.717) is 25.1 Å². The molecule has 25 heavy (non-hydrogen) atoms. The van der Waals surface area contributed by atoms with Gasteiger partial charge >= 0.3 is 0 Å². The number of nitrogens with one attached hydrogen (secondary N) is 1. The Labute approximate surface area is 149 Å². The molecule has 1 N–H and O–H groups in total. The number of likely N-dealkylation sites (tertiary alicyclic amines) is 1. The number of hydrogen-bond donors (Lipinski definition) is 1. The molecule has 5 nitrogen and oxygen atoms in total. The minimum absolute atomic E-state index is 0.00843. The molecule has 0 aromatic heterocycles. The van der Waals surface area contributed by atoms with Gasteiger partial charge < -0.3 is 4.90 Å². The Kier molecular flexibility index (Phi) is 6.57. The molecular weight excluding hydrogens is 343 g/mol. The van der Waals surface area contributed by atoms with Crippen molar-refractivity contribution < 1.29 is 17.6 Å². The summed E-state index contributed by atoms with van der Waals surface area (Å²) in [7, 11) is -3.90. The summed E-state index contributed by atoms with van der Waals surface area (Å²) in [5.41, 5.74) is 0.321. The van der Waals surface area contributed by atoms with Crippen LogP contribution in [-0.2, 0) is 14.8 Å². The summed E-state index contributed by atoms with van der Waals surface area (Å²) in [6.45, 7) is 6.79. The van der Waals surface area contributed by atoms with Crippen LogP contribution in [0.15, 0.2) is 23.1 Å². The lowest BCUT2D eigenvalue weighted by atomic mass is 10.0. The van der Waals surface area contributed by atoms with Crippen LogP contribution < -0.4 is 4.72 Å². The molecule has 1 atom stereocenters. The number of hydrogen-bond acceptors (Lipinski definition) is 3. The Balaban J connectivity index is 2.24. The van der Waals surface area contributed by atoms with Crippen molar-refractivity contribution in [1.29, 1.82) is 0 Å². The Bertz CT molecular complexity index is 713. The molecule has 0 aliphatic carbocycles.